The van der Waals surface area contributed by atoms with Crippen LogP contribution in [0.1, 0.15) is 0 Å². The molecule has 1 aromatic rings. The number of anilines is 1. The van der Waals surface area contributed by atoms with Crippen molar-refractivity contribution in [2.75, 3.05) is 18.5 Å². The summed E-state index contributed by atoms with van der Waals surface area (Å²) in [6, 6.07) is 9.10. The topological polar surface area (TPSA) is 64.3 Å². The Morgan fingerprint density at radius 2 is 2.08 bits per heavy atom. The normalized spacial score (nSPS) is 9.31. The Morgan fingerprint density at radius 3 is 2.69 bits per heavy atom. The van der Waals surface area contributed by atoms with Gasteiger partial charge in [-0.1, -0.05) is 18.2 Å². The number of rotatable bonds is 3. The molecule has 1 rings (SSSR count). The molecular formula is C9H12N2O2. The number of hydrogen-bond donors (Lipinski definition) is 2. The molecule has 0 aliphatic heterocycles. The molecule has 0 radical (unpaired) electrons. The van der Waals surface area contributed by atoms with Crippen molar-refractivity contribution in [1.82, 2.24) is 0 Å². The number of para-hydroxylation sites is 1. The number of hydrogen-bond acceptors (Lipinski definition) is 3. The zero-order valence-electron chi connectivity index (χ0n) is 7.19. The first-order valence-electron chi connectivity index (χ1n) is 4.02. The molecule has 4 heteroatoms. The van der Waals surface area contributed by atoms with Crippen molar-refractivity contribution in [2.24, 2.45) is 5.73 Å². The van der Waals surface area contributed by atoms with Crippen molar-refractivity contribution < 1.29 is 9.53 Å². The van der Waals surface area contributed by atoms with Crippen LogP contribution in [0.4, 0.5) is 10.5 Å². The predicted molar refractivity (Wildman–Crippen MR) is 50.5 cm³/mol. The van der Waals surface area contributed by atoms with Crippen molar-refractivity contribution in [1.29, 1.82) is 0 Å². The molecular weight excluding hydrogens is 168 g/mol. The number of carbonyl (C=O) groups excluding carboxylic acids is 1. The maximum atomic E-state index is 11.0. The van der Waals surface area contributed by atoms with E-state index in [1.807, 2.05) is 18.2 Å². The first kappa shape index (κ1) is 9.54. The van der Waals surface area contributed by atoms with Crippen LogP contribution in [0.3, 0.4) is 0 Å². The largest absolute Gasteiger partial charge is 0.448 e. The lowest BCUT2D eigenvalue weighted by atomic mass is 10.3. The van der Waals surface area contributed by atoms with E-state index in [4.69, 9.17) is 10.5 Å². The van der Waals surface area contributed by atoms with Gasteiger partial charge in [0.1, 0.15) is 6.61 Å². The second kappa shape index (κ2) is 5.16. The molecule has 13 heavy (non-hydrogen) atoms. The van der Waals surface area contributed by atoms with Gasteiger partial charge in [0.05, 0.1) is 0 Å². The predicted octanol–water partition coefficient (Wildman–Crippen LogP) is 1.19. The van der Waals surface area contributed by atoms with Gasteiger partial charge in [-0.3, -0.25) is 5.32 Å². The van der Waals surface area contributed by atoms with E-state index in [1.165, 1.54) is 0 Å². The molecule has 0 unspecified atom stereocenters. The van der Waals surface area contributed by atoms with Crippen LogP contribution in [0.2, 0.25) is 0 Å². The zero-order chi connectivity index (χ0) is 9.52. The lowest BCUT2D eigenvalue weighted by molar-refractivity contribution is 0.165. The summed E-state index contributed by atoms with van der Waals surface area (Å²) in [6.45, 7) is 0.570. The van der Waals surface area contributed by atoms with Crippen LogP contribution in [-0.4, -0.2) is 19.2 Å². The van der Waals surface area contributed by atoms with E-state index in [-0.39, 0.29) is 6.61 Å². The van der Waals surface area contributed by atoms with E-state index in [9.17, 15) is 4.79 Å². The zero-order valence-corrected chi connectivity index (χ0v) is 7.19. The highest BCUT2D eigenvalue weighted by atomic mass is 16.5. The number of ether oxygens (including phenoxy) is 1. The molecule has 0 fully saturated rings. The van der Waals surface area contributed by atoms with Gasteiger partial charge >= 0.3 is 6.09 Å². The molecule has 70 valence electrons. The highest BCUT2D eigenvalue weighted by Gasteiger charge is 2.00. The third-order valence-corrected chi connectivity index (χ3v) is 1.37. The van der Waals surface area contributed by atoms with Crippen molar-refractivity contribution >= 4 is 11.8 Å². The highest BCUT2D eigenvalue weighted by molar-refractivity contribution is 5.84. The van der Waals surface area contributed by atoms with Crippen LogP contribution in [0.25, 0.3) is 0 Å². The van der Waals surface area contributed by atoms with Gasteiger partial charge in [-0.15, -0.1) is 0 Å². The number of amides is 1. The molecule has 0 atom stereocenters. The highest BCUT2D eigenvalue weighted by Crippen LogP contribution is 2.04. The van der Waals surface area contributed by atoms with E-state index >= 15 is 0 Å². The average Bonchev–Trinajstić information content (AvgIpc) is 2.16. The van der Waals surface area contributed by atoms with Crippen molar-refractivity contribution in [2.45, 2.75) is 0 Å². The van der Waals surface area contributed by atoms with Gasteiger partial charge < -0.3 is 10.5 Å². The molecule has 0 saturated heterocycles. The van der Waals surface area contributed by atoms with Gasteiger partial charge in [0.15, 0.2) is 0 Å². The second-order valence-electron chi connectivity index (χ2n) is 2.42. The fourth-order valence-corrected chi connectivity index (χ4v) is 0.827. The lowest BCUT2D eigenvalue weighted by Crippen LogP contribution is -2.18. The molecule has 0 heterocycles. The van der Waals surface area contributed by atoms with Crippen LogP contribution >= 0.6 is 0 Å². The molecule has 0 spiro atoms. The fourth-order valence-electron chi connectivity index (χ4n) is 0.827. The van der Waals surface area contributed by atoms with Crippen molar-refractivity contribution in [3.63, 3.8) is 0 Å². The number of nitrogens with two attached hydrogens (primary N) is 1. The lowest BCUT2D eigenvalue weighted by Gasteiger charge is -2.04. The fraction of sp³-hybridized carbons (Fsp3) is 0.222. The van der Waals surface area contributed by atoms with Gasteiger partial charge in [-0.05, 0) is 12.1 Å². The Kier molecular flexibility index (Phi) is 3.78. The maximum Gasteiger partial charge on any atom is 0.411 e. The van der Waals surface area contributed by atoms with Crippen molar-refractivity contribution in [3.8, 4) is 0 Å². The minimum Gasteiger partial charge on any atom is -0.448 e. The van der Waals surface area contributed by atoms with Gasteiger partial charge in [0.25, 0.3) is 0 Å². The molecule has 0 aromatic heterocycles. The molecule has 1 aromatic carbocycles. The van der Waals surface area contributed by atoms with E-state index in [2.05, 4.69) is 5.32 Å². The number of carbonyl (C=O) groups is 1. The molecule has 4 nitrogen and oxygen atoms in total. The Balaban J connectivity index is 2.37. The van der Waals surface area contributed by atoms with E-state index in [0.717, 1.165) is 0 Å². The molecule has 0 aliphatic rings. The van der Waals surface area contributed by atoms with Crippen molar-refractivity contribution in [3.05, 3.63) is 30.3 Å². The minimum absolute atomic E-state index is 0.235. The Hall–Kier alpha value is -1.55. The van der Waals surface area contributed by atoms with E-state index in [0.29, 0.717) is 12.2 Å². The van der Waals surface area contributed by atoms with Crippen LogP contribution in [0.15, 0.2) is 30.3 Å². The smallest absolute Gasteiger partial charge is 0.411 e. The third-order valence-electron chi connectivity index (χ3n) is 1.37. The molecule has 3 N–H and O–H groups in total. The first-order valence-corrected chi connectivity index (χ1v) is 4.02. The van der Waals surface area contributed by atoms with Crippen LogP contribution < -0.4 is 11.1 Å². The summed E-state index contributed by atoms with van der Waals surface area (Å²) in [7, 11) is 0. The molecule has 0 bridgehead atoms. The van der Waals surface area contributed by atoms with E-state index in [1.54, 1.807) is 12.1 Å². The molecule has 0 aliphatic carbocycles. The summed E-state index contributed by atoms with van der Waals surface area (Å²) < 4.78 is 4.72. The molecule has 1 amide bonds. The van der Waals surface area contributed by atoms with Crippen LogP contribution in [-0.2, 0) is 4.74 Å². The average molecular weight is 180 g/mol. The molecule has 0 saturated carbocycles. The summed E-state index contributed by atoms with van der Waals surface area (Å²) in [5.41, 5.74) is 5.88. The van der Waals surface area contributed by atoms with E-state index < -0.39 is 6.09 Å². The first-order chi connectivity index (χ1) is 6.33. The SMILES string of the molecule is NCCOC(=O)Nc1ccccc1. The minimum atomic E-state index is -0.475. The third kappa shape index (κ3) is 3.57. The maximum absolute atomic E-state index is 11.0. The Bertz CT molecular complexity index is 262. The van der Waals surface area contributed by atoms with Gasteiger partial charge in [0, 0.05) is 12.2 Å². The Labute approximate surface area is 76.7 Å². The number of benzene rings is 1. The van der Waals surface area contributed by atoms with Gasteiger partial charge in [-0.25, -0.2) is 4.79 Å². The Morgan fingerprint density at radius 1 is 1.38 bits per heavy atom. The summed E-state index contributed by atoms with van der Waals surface area (Å²) >= 11 is 0. The summed E-state index contributed by atoms with van der Waals surface area (Å²) in [5, 5.41) is 2.56. The monoisotopic (exact) mass is 180 g/mol. The van der Waals surface area contributed by atoms with Gasteiger partial charge in [-0.2, -0.15) is 0 Å². The van der Waals surface area contributed by atoms with Gasteiger partial charge in [0.2, 0.25) is 0 Å². The number of nitrogens with one attached hydrogen (secondary N) is 1. The van der Waals surface area contributed by atoms with Crippen LogP contribution in [0, 0.1) is 0 Å². The quantitative estimate of drug-likeness (QED) is 0.734. The standard InChI is InChI=1S/C9H12N2O2/c10-6-7-13-9(12)11-8-4-2-1-3-5-8/h1-5H,6-7,10H2,(H,11,12). The second-order valence-corrected chi connectivity index (χ2v) is 2.42. The summed E-state index contributed by atoms with van der Waals surface area (Å²) in [4.78, 5) is 11.0. The van der Waals surface area contributed by atoms with Crippen LogP contribution in [0.5, 0.6) is 0 Å². The summed E-state index contributed by atoms with van der Waals surface area (Å²) in [6.07, 6.45) is -0.475. The summed E-state index contributed by atoms with van der Waals surface area (Å²) in [5.74, 6) is 0.